The molecule has 1 amide bonds. The Kier molecular flexibility index (Phi) is 5.53. The zero-order valence-electron chi connectivity index (χ0n) is 16.1. The third-order valence-corrected chi connectivity index (χ3v) is 5.97. The van der Waals surface area contributed by atoms with Crippen LogP contribution in [0.15, 0.2) is 24.3 Å². The first-order valence-corrected chi connectivity index (χ1v) is 10.2. The quantitative estimate of drug-likeness (QED) is 0.844. The number of aromatic nitrogens is 3. The molecule has 6 heteroatoms. The Morgan fingerprint density at radius 2 is 2.15 bits per heavy atom. The summed E-state index contributed by atoms with van der Waals surface area (Å²) in [5.74, 6) is 2.21. The van der Waals surface area contributed by atoms with Crippen molar-refractivity contribution in [3.05, 3.63) is 30.1 Å². The number of carbonyl (C=O) groups is 1. The van der Waals surface area contributed by atoms with Gasteiger partial charge in [-0.15, -0.1) is 0 Å². The first-order valence-electron chi connectivity index (χ1n) is 10.2. The molecule has 2 fully saturated rings. The third kappa shape index (κ3) is 4.38. The SMILES string of the molecule is Cc1nc(-c2cccc(NC(=O)CC[C@@H]3CCCN4CCCC[C@H]34)c2)n[nH]1. The van der Waals surface area contributed by atoms with Gasteiger partial charge >= 0.3 is 0 Å². The van der Waals surface area contributed by atoms with Crippen LogP contribution in [0.25, 0.3) is 11.4 Å². The van der Waals surface area contributed by atoms with Crippen LogP contribution in [-0.2, 0) is 4.79 Å². The summed E-state index contributed by atoms with van der Waals surface area (Å²) in [5, 5.41) is 10.1. The van der Waals surface area contributed by atoms with E-state index < -0.39 is 0 Å². The van der Waals surface area contributed by atoms with Crippen molar-refractivity contribution < 1.29 is 4.79 Å². The molecule has 6 nitrogen and oxygen atoms in total. The fourth-order valence-electron chi connectivity index (χ4n) is 4.66. The lowest BCUT2D eigenvalue weighted by Gasteiger charge is -2.44. The van der Waals surface area contributed by atoms with Crippen molar-refractivity contribution in [1.82, 2.24) is 20.1 Å². The largest absolute Gasteiger partial charge is 0.326 e. The lowest BCUT2D eigenvalue weighted by molar-refractivity contribution is -0.116. The van der Waals surface area contributed by atoms with E-state index >= 15 is 0 Å². The van der Waals surface area contributed by atoms with Gasteiger partial charge in [0.25, 0.3) is 0 Å². The van der Waals surface area contributed by atoms with Crippen molar-refractivity contribution in [2.75, 3.05) is 18.4 Å². The van der Waals surface area contributed by atoms with Gasteiger partial charge in [-0.2, -0.15) is 5.10 Å². The molecule has 2 aromatic rings. The maximum absolute atomic E-state index is 12.5. The van der Waals surface area contributed by atoms with E-state index in [-0.39, 0.29) is 5.91 Å². The van der Waals surface area contributed by atoms with Gasteiger partial charge in [-0.1, -0.05) is 18.6 Å². The Balaban J connectivity index is 1.33. The van der Waals surface area contributed by atoms with Crippen LogP contribution in [-0.4, -0.2) is 45.1 Å². The van der Waals surface area contributed by atoms with Crippen LogP contribution in [0.5, 0.6) is 0 Å². The molecule has 0 aliphatic carbocycles. The number of rotatable bonds is 5. The standard InChI is InChI=1S/C21H29N5O/c1-15-22-21(25-24-15)17-6-4-8-18(14-17)23-20(27)11-10-16-7-5-13-26-12-3-2-9-19(16)26/h4,6,8,14,16,19H,2-3,5,7,9-13H2,1H3,(H,23,27)(H,22,24,25)/t16-,19+/m0/s1. The highest BCUT2D eigenvalue weighted by Crippen LogP contribution is 2.33. The number of nitrogens with zero attached hydrogens (tertiary/aromatic N) is 3. The molecule has 4 rings (SSSR count). The summed E-state index contributed by atoms with van der Waals surface area (Å²) >= 11 is 0. The monoisotopic (exact) mass is 367 g/mol. The van der Waals surface area contributed by atoms with Gasteiger partial charge in [0.1, 0.15) is 5.82 Å². The summed E-state index contributed by atoms with van der Waals surface area (Å²) in [4.78, 5) is 19.5. The number of fused-ring (bicyclic) bond motifs is 1. The lowest BCUT2D eigenvalue weighted by atomic mass is 9.81. The van der Waals surface area contributed by atoms with E-state index in [9.17, 15) is 4.79 Å². The van der Waals surface area contributed by atoms with E-state index in [0.717, 1.165) is 23.5 Å². The highest BCUT2D eigenvalue weighted by molar-refractivity contribution is 5.91. The second-order valence-corrected chi connectivity index (χ2v) is 7.91. The molecule has 0 radical (unpaired) electrons. The molecule has 3 heterocycles. The van der Waals surface area contributed by atoms with Crippen LogP contribution < -0.4 is 5.32 Å². The van der Waals surface area contributed by atoms with Gasteiger partial charge in [-0.25, -0.2) is 4.98 Å². The first kappa shape index (κ1) is 18.2. The highest BCUT2D eigenvalue weighted by Gasteiger charge is 2.32. The van der Waals surface area contributed by atoms with Crippen molar-refractivity contribution in [2.24, 2.45) is 5.92 Å². The van der Waals surface area contributed by atoms with Crippen LogP contribution >= 0.6 is 0 Å². The number of aromatic amines is 1. The number of H-pyrrole nitrogens is 1. The summed E-state index contributed by atoms with van der Waals surface area (Å²) in [6, 6.07) is 8.45. The average Bonchev–Trinajstić information content (AvgIpc) is 3.13. The van der Waals surface area contributed by atoms with Gasteiger partial charge in [-0.3, -0.25) is 9.89 Å². The van der Waals surface area contributed by atoms with Crippen molar-refractivity contribution >= 4 is 11.6 Å². The van der Waals surface area contributed by atoms with Crippen molar-refractivity contribution in [3.63, 3.8) is 0 Å². The van der Waals surface area contributed by atoms with Gasteiger partial charge in [0.15, 0.2) is 5.82 Å². The third-order valence-electron chi connectivity index (χ3n) is 5.97. The molecule has 0 saturated carbocycles. The minimum Gasteiger partial charge on any atom is -0.326 e. The van der Waals surface area contributed by atoms with Crippen LogP contribution in [0.2, 0.25) is 0 Å². The number of nitrogens with one attached hydrogen (secondary N) is 2. The van der Waals surface area contributed by atoms with Gasteiger partial charge in [0, 0.05) is 23.7 Å². The molecule has 1 aromatic heterocycles. The number of benzene rings is 1. The zero-order valence-corrected chi connectivity index (χ0v) is 16.1. The van der Waals surface area contributed by atoms with Gasteiger partial charge in [0.2, 0.25) is 5.91 Å². The fraction of sp³-hybridized carbons (Fsp3) is 0.571. The maximum Gasteiger partial charge on any atom is 0.224 e. The molecular weight excluding hydrogens is 338 g/mol. The van der Waals surface area contributed by atoms with E-state index in [1.54, 1.807) is 0 Å². The van der Waals surface area contributed by atoms with Crippen molar-refractivity contribution in [2.45, 2.75) is 57.9 Å². The average molecular weight is 367 g/mol. The van der Waals surface area contributed by atoms with Crippen LogP contribution in [0, 0.1) is 12.8 Å². The van der Waals surface area contributed by atoms with E-state index in [2.05, 4.69) is 25.4 Å². The summed E-state index contributed by atoms with van der Waals surface area (Å²) < 4.78 is 0. The number of piperidine rings is 2. The van der Waals surface area contributed by atoms with Gasteiger partial charge in [-0.05, 0) is 70.2 Å². The lowest BCUT2D eigenvalue weighted by Crippen LogP contribution is -2.48. The summed E-state index contributed by atoms with van der Waals surface area (Å²) in [7, 11) is 0. The van der Waals surface area contributed by atoms with Crippen LogP contribution in [0.1, 0.15) is 50.8 Å². The number of hydrogen-bond acceptors (Lipinski definition) is 4. The van der Waals surface area contributed by atoms with Gasteiger partial charge in [0.05, 0.1) is 0 Å². The molecule has 0 unspecified atom stereocenters. The van der Waals surface area contributed by atoms with E-state index in [0.29, 0.717) is 24.2 Å². The van der Waals surface area contributed by atoms with Crippen LogP contribution in [0.3, 0.4) is 0 Å². The van der Waals surface area contributed by atoms with E-state index in [1.807, 2.05) is 31.2 Å². The number of amides is 1. The normalized spacial score (nSPS) is 23.0. The Morgan fingerprint density at radius 3 is 3.00 bits per heavy atom. The summed E-state index contributed by atoms with van der Waals surface area (Å²) in [6.07, 6.45) is 8.13. The minimum atomic E-state index is 0.103. The minimum absolute atomic E-state index is 0.103. The highest BCUT2D eigenvalue weighted by atomic mass is 16.1. The second kappa shape index (κ2) is 8.21. The van der Waals surface area contributed by atoms with Crippen molar-refractivity contribution in [3.8, 4) is 11.4 Å². The molecule has 0 spiro atoms. The molecule has 0 bridgehead atoms. The maximum atomic E-state index is 12.5. The Morgan fingerprint density at radius 1 is 1.26 bits per heavy atom. The Hall–Kier alpha value is -2.21. The molecule has 144 valence electrons. The van der Waals surface area contributed by atoms with E-state index in [1.165, 1.54) is 45.2 Å². The molecule has 27 heavy (non-hydrogen) atoms. The smallest absolute Gasteiger partial charge is 0.224 e. The molecule has 2 aliphatic heterocycles. The molecule has 2 atom stereocenters. The van der Waals surface area contributed by atoms with Crippen molar-refractivity contribution in [1.29, 1.82) is 0 Å². The van der Waals surface area contributed by atoms with Crippen LogP contribution in [0.4, 0.5) is 5.69 Å². The topological polar surface area (TPSA) is 73.9 Å². The Labute approximate surface area is 160 Å². The number of hydrogen-bond donors (Lipinski definition) is 2. The number of aryl methyl sites for hydroxylation is 1. The molecular formula is C21H29N5O. The zero-order chi connectivity index (χ0) is 18.6. The summed E-state index contributed by atoms with van der Waals surface area (Å²) in [6.45, 7) is 4.38. The molecule has 2 aliphatic rings. The first-order chi connectivity index (χ1) is 13.2. The summed E-state index contributed by atoms with van der Waals surface area (Å²) in [5.41, 5.74) is 1.71. The second-order valence-electron chi connectivity index (χ2n) is 7.91. The predicted molar refractivity (Wildman–Crippen MR) is 106 cm³/mol. The predicted octanol–water partition coefficient (Wildman–Crippen LogP) is 3.76. The fourth-order valence-corrected chi connectivity index (χ4v) is 4.66. The number of carbonyl (C=O) groups excluding carboxylic acids is 1. The number of anilines is 1. The molecule has 2 N–H and O–H groups in total. The van der Waals surface area contributed by atoms with Gasteiger partial charge < -0.3 is 10.2 Å². The van der Waals surface area contributed by atoms with E-state index in [4.69, 9.17) is 0 Å². The molecule has 2 saturated heterocycles. The Bertz CT molecular complexity index is 784. The molecule has 1 aromatic carbocycles.